The lowest BCUT2D eigenvalue weighted by Gasteiger charge is -2.30. The Morgan fingerprint density at radius 2 is 1.45 bits per heavy atom. The second-order valence-electron chi connectivity index (χ2n) is 9.80. The summed E-state index contributed by atoms with van der Waals surface area (Å²) in [6.07, 6.45) is -8.98. The summed E-state index contributed by atoms with van der Waals surface area (Å²) in [7, 11) is 1.51. The van der Waals surface area contributed by atoms with Gasteiger partial charge in [-0.05, 0) is 84.5 Å². The van der Waals surface area contributed by atoms with Crippen molar-refractivity contribution in [3.05, 3.63) is 82.4 Å². The Morgan fingerprint density at radius 1 is 0.842 bits per heavy atom. The van der Waals surface area contributed by atoms with E-state index in [2.05, 4.69) is 0 Å². The monoisotopic (exact) mass is 557 g/mol. The van der Waals surface area contributed by atoms with Crippen LogP contribution in [0.3, 0.4) is 0 Å². The molecule has 3 aromatic rings. The highest BCUT2D eigenvalue weighted by Crippen LogP contribution is 2.41. The maximum absolute atomic E-state index is 13.5. The van der Waals surface area contributed by atoms with Gasteiger partial charge in [-0.1, -0.05) is 37.6 Å². The molecule has 0 aromatic heterocycles. The van der Waals surface area contributed by atoms with E-state index in [1.807, 2.05) is 13.8 Å². The second kappa shape index (κ2) is 10.5. The van der Waals surface area contributed by atoms with Crippen molar-refractivity contribution in [3.8, 4) is 11.1 Å². The first-order chi connectivity index (χ1) is 17.4. The highest BCUT2D eigenvalue weighted by atomic mass is 35.5. The minimum absolute atomic E-state index is 0.0161. The number of nitrogens with zero attached hydrogens (tertiary/aromatic N) is 1. The standard InChI is InChI=1S/C28H26ClF6NO2/c1-16(2)15-26(3,25(37)38)20-11-18(17-5-7-19(8-6-17)27(30,31)32)12-22(13-20)36(4)21-9-10-24(29)23(14-21)28(33,34)35/h5-14,16H,15H2,1-4H3,(H,37,38). The summed E-state index contributed by atoms with van der Waals surface area (Å²) in [5, 5.41) is 9.68. The Kier molecular flexibility index (Phi) is 8.13. The Labute approximate surface area is 221 Å². The number of hydrogen-bond acceptors (Lipinski definition) is 2. The van der Waals surface area contributed by atoms with Crippen LogP contribution in [0.25, 0.3) is 11.1 Å². The summed E-state index contributed by atoms with van der Waals surface area (Å²) in [6, 6.07) is 12.6. The Bertz CT molecular complexity index is 1320. The van der Waals surface area contributed by atoms with Crippen LogP contribution in [-0.2, 0) is 22.6 Å². The van der Waals surface area contributed by atoms with Crippen molar-refractivity contribution in [3.63, 3.8) is 0 Å². The lowest BCUT2D eigenvalue weighted by molar-refractivity contribution is -0.144. The van der Waals surface area contributed by atoms with E-state index in [0.29, 0.717) is 22.4 Å². The quantitative estimate of drug-likeness (QED) is 0.294. The fraction of sp³-hybridized carbons (Fsp3) is 0.321. The van der Waals surface area contributed by atoms with Crippen LogP contribution in [0.2, 0.25) is 5.02 Å². The molecule has 0 amide bonds. The molecule has 1 unspecified atom stereocenters. The Morgan fingerprint density at radius 3 is 1.95 bits per heavy atom. The molecule has 0 aliphatic rings. The lowest BCUT2D eigenvalue weighted by atomic mass is 9.75. The summed E-state index contributed by atoms with van der Waals surface area (Å²) < 4.78 is 79.7. The van der Waals surface area contributed by atoms with E-state index in [1.54, 1.807) is 25.1 Å². The van der Waals surface area contributed by atoms with E-state index in [0.717, 1.165) is 24.3 Å². The topological polar surface area (TPSA) is 40.5 Å². The molecule has 1 atom stereocenters. The molecule has 0 bridgehead atoms. The van der Waals surface area contributed by atoms with E-state index in [4.69, 9.17) is 11.6 Å². The van der Waals surface area contributed by atoms with E-state index < -0.39 is 39.9 Å². The van der Waals surface area contributed by atoms with Gasteiger partial charge in [-0.3, -0.25) is 4.79 Å². The molecule has 0 aliphatic carbocycles. The fourth-order valence-electron chi connectivity index (χ4n) is 4.38. The van der Waals surface area contributed by atoms with Crippen LogP contribution in [0, 0.1) is 5.92 Å². The zero-order valence-electron chi connectivity index (χ0n) is 21.0. The van der Waals surface area contributed by atoms with Crippen LogP contribution in [-0.4, -0.2) is 18.1 Å². The number of anilines is 2. The van der Waals surface area contributed by atoms with Crippen LogP contribution in [0.4, 0.5) is 37.7 Å². The van der Waals surface area contributed by atoms with Gasteiger partial charge < -0.3 is 10.0 Å². The van der Waals surface area contributed by atoms with E-state index in [9.17, 15) is 36.2 Å². The molecule has 0 heterocycles. The van der Waals surface area contributed by atoms with Gasteiger partial charge in [0, 0.05) is 18.4 Å². The molecular formula is C28H26ClF6NO2. The van der Waals surface area contributed by atoms with Crippen molar-refractivity contribution in [2.24, 2.45) is 5.92 Å². The van der Waals surface area contributed by atoms with Gasteiger partial charge in [-0.2, -0.15) is 26.3 Å². The fourth-order valence-corrected chi connectivity index (χ4v) is 4.60. The van der Waals surface area contributed by atoms with E-state index in [1.165, 1.54) is 30.1 Å². The molecule has 0 saturated heterocycles. The van der Waals surface area contributed by atoms with Crippen LogP contribution < -0.4 is 4.90 Å². The lowest BCUT2D eigenvalue weighted by Crippen LogP contribution is -2.34. The first-order valence-corrected chi connectivity index (χ1v) is 12.0. The van der Waals surface area contributed by atoms with E-state index in [-0.39, 0.29) is 18.0 Å². The molecule has 38 heavy (non-hydrogen) atoms. The van der Waals surface area contributed by atoms with Crippen LogP contribution in [0.15, 0.2) is 60.7 Å². The molecule has 10 heteroatoms. The highest BCUT2D eigenvalue weighted by Gasteiger charge is 2.37. The van der Waals surface area contributed by atoms with Crippen molar-refractivity contribution in [1.29, 1.82) is 0 Å². The molecule has 0 saturated carbocycles. The first-order valence-electron chi connectivity index (χ1n) is 11.6. The Balaban J connectivity index is 2.23. The van der Waals surface area contributed by atoms with Crippen molar-refractivity contribution in [2.75, 3.05) is 11.9 Å². The third-order valence-electron chi connectivity index (χ3n) is 6.42. The molecule has 0 radical (unpaired) electrons. The largest absolute Gasteiger partial charge is 0.481 e. The number of alkyl halides is 6. The number of aliphatic carboxylic acids is 1. The van der Waals surface area contributed by atoms with Gasteiger partial charge in [-0.25, -0.2) is 0 Å². The van der Waals surface area contributed by atoms with Gasteiger partial charge in [-0.15, -0.1) is 0 Å². The van der Waals surface area contributed by atoms with Gasteiger partial charge in [0.25, 0.3) is 0 Å². The third-order valence-corrected chi connectivity index (χ3v) is 6.75. The molecule has 3 aromatic carbocycles. The third kappa shape index (κ3) is 6.26. The SMILES string of the molecule is CC(C)CC(C)(C(=O)O)c1cc(-c2ccc(C(F)(F)F)cc2)cc(N(C)c2ccc(Cl)c(C(F)(F)F)c2)c1. The normalized spacial score (nSPS) is 13.9. The van der Waals surface area contributed by atoms with Crippen LogP contribution >= 0.6 is 11.6 Å². The molecule has 3 rings (SSSR count). The molecular weight excluding hydrogens is 532 g/mol. The minimum Gasteiger partial charge on any atom is -0.481 e. The number of benzene rings is 3. The number of rotatable bonds is 7. The van der Waals surface area contributed by atoms with Crippen LogP contribution in [0.1, 0.15) is 43.9 Å². The Hall–Kier alpha value is -3.20. The zero-order chi connectivity index (χ0) is 28.6. The first kappa shape index (κ1) is 29.4. The number of carboxylic acid groups (broad SMARTS) is 1. The average molecular weight is 558 g/mol. The van der Waals surface area contributed by atoms with Gasteiger partial charge in [0.05, 0.1) is 21.6 Å². The zero-order valence-corrected chi connectivity index (χ0v) is 21.8. The number of carboxylic acids is 1. The van der Waals surface area contributed by atoms with Crippen molar-refractivity contribution in [1.82, 2.24) is 0 Å². The average Bonchev–Trinajstić information content (AvgIpc) is 2.81. The maximum atomic E-state index is 13.5. The smallest absolute Gasteiger partial charge is 0.417 e. The molecule has 3 nitrogen and oxygen atoms in total. The summed E-state index contributed by atoms with van der Waals surface area (Å²) in [5.74, 6) is -1.12. The molecule has 0 aliphatic heterocycles. The maximum Gasteiger partial charge on any atom is 0.417 e. The number of carbonyl (C=O) groups is 1. The van der Waals surface area contributed by atoms with Crippen molar-refractivity contribution >= 4 is 28.9 Å². The summed E-state index contributed by atoms with van der Waals surface area (Å²) in [5.41, 5.74) is -1.59. The summed E-state index contributed by atoms with van der Waals surface area (Å²) in [6.45, 7) is 5.27. The van der Waals surface area contributed by atoms with Gasteiger partial charge >= 0.3 is 18.3 Å². The molecule has 0 fully saturated rings. The van der Waals surface area contributed by atoms with Gasteiger partial charge in [0.1, 0.15) is 0 Å². The van der Waals surface area contributed by atoms with Crippen molar-refractivity contribution in [2.45, 2.75) is 45.0 Å². The predicted molar refractivity (Wildman–Crippen MR) is 136 cm³/mol. The highest BCUT2D eigenvalue weighted by molar-refractivity contribution is 6.31. The van der Waals surface area contributed by atoms with Crippen molar-refractivity contribution < 1.29 is 36.2 Å². The predicted octanol–water partition coefficient (Wildman–Crippen LogP) is 9.20. The van der Waals surface area contributed by atoms with Gasteiger partial charge in [0.2, 0.25) is 0 Å². The molecule has 204 valence electrons. The minimum atomic E-state index is -4.69. The molecule has 1 N–H and O–H groups in total. The number of halogens is 7. The van der Waals surface area contributed by atoms with Gasteiger partial charge in [0.15, 0.2) is 0 Å². The van der Waals surface area contributed by atoms with Crippen LogP contribution in [0.5, 0.6) is 0 Å². The summed E-state index contributed by atoms with van der Waals surface area (Å²) >= 11 is 5.77. The van der Waals surface area contributed by atoms with E-state index >= 15 is 0 Å². The number of hydrogen-bond donors (Lipinski definition) is 1. The summed E-state index contributed by atoms with van der Waals surface area (Å²) in [4.78, 5) is 13.9. The second-order valence-corrected chi connectivity index (χ2v) is 10.2. The molecule has 0 spiro atoms.